The fraction of sp³-hybridized carbons (Fsp3) is 0.462. The molecule has 0 aromatic heterocycles. The van der Waals surface area contributed by atoms with Crippen LogP contribution in [0.4, 0.5) is 5.69 Å². The minimum absolute atomic E-state index is 0.0265. The zero-order valence-corrected chi connectivity index (χ0v) is 11.4. The van der Waals surface area contributed by atoms with Crippen molar-refractivity contribution in [1.82, 2.24) is 0 Å². The molecule has 1 fully saturated rings. The van der Waals surface area contributed by atoms with Gasteiger partial charge in [-0.05, 0) is 37.6 Å². The predicted molar refractivity (Wildman–Crippen MR) is 71.1 cm³/mol. The zero-order chi connectivity index (χ0) is 12.3. The first-order valence-corrected chi connectivity index (χ1v) is 6.67. The molecule has 1 heterocycles. The highest BCUT2D eigenvalue weighted by molar-refractivity contribution is 9.10. The van der Waals surface area contributed by atoms with Crippen molar-refractivity contribution in [3.05, 3.63) is 28.7 Å². The van der Waals surface area contributed by atoms with E-state index in [2.05, 4.69) is 33.0 Å². The van der Waals surface area contributed by atoms with Gasteiger partial charge in [-0.3, -0.25) is 4.79 Å². The van der Waals surface area contributed by atoms with Crippen molar-refractivity contribution in [1.29, 1.82) is 0 Å². The summed E-state index contributed by atoms with van der Waals surface area (Å²) in [4.78, 5) is 13.9. The number of hydrogen-bond donors (Lipinski definition) is 0. The molecule has 4 heteroatoms. The minimum Gasteiger partial charge on any atom is -0.466 e. The van der Waals surface area contributed by atoms with Crippen LogP contribution in [0.3, 0.4) is 0 Å². The van der Waals surface area contributed by atoms with Crippen LogP contribution in [0.25, 0.3) is 0 Å². The molecule has 0 bridgehead atoms. The van der Waals surface area contributed by atoms with Gasteiger partial charge in [0.1, 0.15) is 0 Å². The zero-order valence-electron chi connectivity index (χ0n) is 9.86. The molecular formula is C13H16BrNO2. The Labute approximate surface area is 110 Å². The van der Waals surface area contributed by atoms with Gasteiger partial charge in [0.2, 0.25) is 0 Å². The van der Waals surface area contributed by atoms with E-state index in [0.29, 0.717) is 6.61 Å². The minimum atomic E-state index is -0.0629. The molecule has 92 valence electrons. The maximum atomic E-state index is 11.6. The van der Waals surface area contributed by atoms with Gasteiger partial charge in [-0.15, -0.1) is 0 Å². The van der Waals surface area contributed by atoms with Crippen LogP contribution in [-0.2, 0) is 9.53 Å². The van der Waals surface area contributed by atoms with Crippen molar-refractivity contribution in [3.8, 4) is 0 Å². The number of carbonyl (C=O) groups is 1. The summed E-state index contributed by atoms with van der Waals surface area (Å²) in [7, 11) is 0. The number of halogens is 1. The summed E-state index contributed by atoms with van der Waals surface area (Å²) in [6, 6.07) is 8.18. The van der Waals surface area contributed by atoms with Gasteiger partial charge in [0.05, 0.1) is 12.5 Å². The quantitative estimate of drug-likeness (QED) is 0.804. The molecule has 1 aromatic rings. The van der Waals surface area contributed by atoms with E-state index in [0.717, 1.165) is 24.0 Å². The Morgan fingerprint density at radius 2 is 2.18 bits per heavy atom. The highest BCUT2D eigenvalue weighted by atomic mass is 79.9. The second-order valence-electron chi connectivity index (χ2n) is 4.16. The summed E-state index contributed by atoms with van der Waals surface area (Å²) in [5, 5.41) is 0. The number of hydrogen-bond acceptors (Lipinski definition) is 3. The van der Waals surface area contributed by atoms with E-state index < -0.39 is 0 Å². The van der Waals surface area contributed by atoms with E-state index in [4.69, 9.17) is 4.74 Å². The van der Waals surface area contributed by atoms with Gasteiger partial charge >= 0.3 is 5.97 Å². The smallest absolute Gasteiger partial charge is 0.310 e. The monoisotopic (exact) mass is 297 g/mol. The van der Waals surface area contributed by atoms with E-state index in [1.165, 1.54) is 5.69 Å². The number of esters is 1. The van der Waals surface area contributed by atoms with Crippen LogP contribution in [-0.4, -0.2) is 25.7 Å². The first-order valence-electron chi connectivity index (χ1n) is 5.88. The third-order valence-corrected chi connectivity index (χ3v) is 3.53. The standard InChI is InChI=1S/C13H16BrNO2/c1-2-17-13(16)10-7-8-15(9-10)12-5-3-11(14)4-6-12/h3-6,10H,2,7-9H2,1H3. The molecule has 0 amide bonds. The highest BCUT2D eigenvalue weighted by Gasteiger charge is 2.29. The van der Waals surface area contributed by atoms with Crippen LogP contribution in [0.15, 0.2) is 28.7 Å². The van der Waals surface area contributed by atoms with Gasteiger partial charge < -0.3 is 9.64 Å². The summed E-state index contributed by atoms with van der Waals surface area (Å²) < 4.78 is 6.13. The number of carbonyl (C=O) groups excluding carboxylic acids is 1. The average Bonchev–Trinajstić information content (AvgIpc) is 2.80. The number of ether oxygens (including phenoxy) is 1. The Hall–Kier alpha value is -1.03. The van der Waals surface area contributed by atoms with Crippen molar-refractivity contribution < 1.29 is 9.53 Å². The van der Waals surface area contributed by atoms with Gasteiger partial charge in [0.15, 0.2) is 0 Å². The van der Waals surface area contributed by atoms with Crippen LogP contribution in [0.2, 0.25) is 0 Å². The second-order valence-corrected chi connectivity index (χ2v) is 5.08. The normalized spacial score (nSPS) is 19.4. The largest absolute Gasteiger partial charge is 0.466 e. The molecule has 1 aliphatic heterocycles. The molecule has 0 radical (unpaired) electrons. The van der Waals surface area contributed by atoms with Crippen molar-refractivity contribution in [2.24, 2.45) is 5.92 Å². The summed E-state index contributed by atoms with van der Waals surface area (Å²) in [5.74, 6) is -0.0364. The van der Waals surface area contributed by atoms with E-state index in [1.807, 2.05) is 19.1 Å². The first-order chi connectivity index (χ1) is 8.20. The van der Waals surface area contributed by atoms with Gasteiger partial charge in [-0.25, -0.2) is 0 Å². The van der Waals surface area contributed by atoms with Crippen molar-refractivity contribution in [2.75, 3.05) is 24.6 Å². The Kier molecular flexibility index (Phi) is 4.05. The van der Waals surface area contributed by atoms with Gasteiger partial charge in [-0.2, -0.15) is 0 Å². The number of anilines is 1. The Morgan fingerprint density at radius 3 is 2.82 bits per heavy atom. The molecule has 1 saturated heterocycles. The summed E-state index contributed by atoms with van der Waals surface area (Å²) in [5.41, 5.74) is 1.17. The molecule has 1 unspecified atom stereocenters. The lowest BCUT2D eigenvalue weighted by Crippen LogP contribution is -2.24. The van der Waals surface area contributed by atoms with Crippen LogP contribution >= 0.6 is 15.9 Å². The van der Waals surface area contributed by atoms with Crippen LogP contribution < -0.4 is 4.90 Å². The lowest BCUT2D eigenvalue weighted by Gasteiger charge is -2.18. The van der Waals surface area contributed by atoms with Crippen LogP contribution in [0.5, 0.6) is 0 Å². The van der Waals surface area contributed by atoms with Crippen LogP contribution in [0.1, 0.15) is 13.3 Å². The predicted octanol–water partition coefficient (Wildman–Crippen LogP) is 2.84. The fourth-order valence-electron chi connectivity index (χ4n) is 2.10. The number of benzene rings is 1. The second kappa shape index (κ2) is 5.54. The Morgan fingerprint density at radius 1 is 1.47 bits per heavy atom. The van der Waals surface area contributed by atoms with Crippen LogP contribution in [0, 0.1) is 5.92 Å². The molecule has 1 atom stereocenters. The summed E-state index contributed by atoms with van der Waals surface area (Å²) in [6.07, 6.45) is 0.884. The summed E-state index contributed by atoms with van der Waals surface area (Å²) >= 11 is 3.42. The van der Waals surface area contributed by atoms with Gasteiger partial charge in [-0.1, -0.05) is 15.9 Å². The molecule has 0 spiro atoms. The molecule has 0 N–H and O–H groups in total. The molecule has 1 aromatic carbocycles. The van der Waals surface area contributed by atoms with Gasteiger partial charge in [0, 0.05) is 23.2 Å². The Balaban J connectivity index is 1.98. The molecular weight excluding hydrogens is 282 g/mol. The fourth-order valence-corrected chi connectivity index (χ4v) is 2.36. The molecule has 1 aliphatic rings. The van der Waals surface area contributed by atoms with Crippen molar-refractivity contribution in [2.45, 2.75) is 13.3 Å². The van der Waals surface area contributed by atoms with Crippen molar-refractivity contribution in [3.63, 3.8) is 0 Å². The SMILES string of the molecule is CCOC(=O)C1CCN(c2ccc(Br)cc2)C1. The lowest BCUT2D eigenvalue weighted by molar-refractivity contribution is -0.147. The number of nitrogens with zero attached hydrogens (tertiary/aromatic N) is 1. The lowest BCUT2D eigenvalue weighted by atomic mass is 10.1. The molecule has 17 heavy (non-hydrogen) atoms. The third kappa shape index (κ3) is 3.00. The maximum Gasteiger partial charge on any atom is 0.310 e. The third-order valence-electron chi connectivity index (χ3n) is 3.00. The molecule has 2 rings (SSSR count). The van der Waals surface area contributed by atoms with E-state index in [1.54, 1.807) is 0 Å². The summed E-state index contributed by atoms with van der Waals surface area (Å²) in [6.45, 7) is 4.00. The average molecular weight is 298 g/mol. The van der Waals surface area contributed by atoms with Gasteiger partial charge in [0.25, 0.3) is 0 Å². The van der Waals surface area contributed by atoms with E-state index >= 15 is 0 Å². The topological polar surface area (TPSA) is 29.5 Å². The molecule has 0 aliphatic carbocycles. The van der Waals surface area contributed by atoms with E-state index in [9.17, 15) is 4.79 Å². The molecule has 0 saturated carbocycles. The Bertz CT molecular complexity index is 391. The van der Waals surface area contributed by atoms with Crippen molar-refractivity contribution >= 4 is 27.6 Å². The molecule has 3 nitrogen and oxygen atoms in total. The first kappa shape index (κ1) is 12.4. The maximum absolute atomic E-state index is 11.6. The highest BCUT2D eigenvalue weighted by Crippen LogP contribution is 2.25. The number of rotatable bonds is 3. The van der Waals surface area contributed by atoms with E-state index in [-0.39, 0.29) is 11.9 Å².